The molecular formula is C18H17NO3. The van der Waals surface area contributed by atoms with E-state index in [4.69, 9.17) is 13.9 Å². The Hall–Kier alpha value is -2.75. The standard InChI is InChI=1S/C18H17NO3/c1-3-21-17-12-13(8-10-16(17)20-2)9-11-18-19-14-6-4-5-7-15(14)22-18/h4-12H,3H2,1-2H3/b11-9+. The van der Waals surface area contributed by atoms with Gasteiger partial charge in [0.15, 0.2) is 17.1 Å². The molecule has 0 saturated carbocycles. The van der Waals surface area contributed by atoms with Gasteiger partial charge in [0.05, 0.1) is 13.7 Å². The van der Waals surface area contributed by atoms with Crippen LogP contribution in [-0.2, 0) is 0 Å². The van der Waals surface area contributed by atoms with Crippen LogP contribution in [0, 0.1) is 0 Å². The minimum atomic E-state index is 0.579. The van der Waals surface area contributed by atoms with Gasteiger partial charge in [0.25, 0.3) is 0 Å². The Morgan fingerprint density at radius 1 is 1.09 bits per heavy atom. The molecule has 0 aliphatic rings. The van der Waals surface area contributed by atoms with E-state index >= 15 is 0 Å². The number of benzene rings is 2. The highest BCUT2D eigenvalue weighted by Gasteiger charge is 2.05. The van der Waals surface area contributed by atoms with E-state index in [0.717, 1.165) is 28.2 Å². The van der Waals surface area contributed by atoms with E-state index in [1.807, 2.05) is 61.5 Å². The predicted octanol–water partition coefficient (Wildman–Crippen LogP) is 4.41. The SMILES string of the molecule is CCOc1cc(/C=C/c2nc3ccccc3o2)ccc1OC. The molecule has 0 radical (unpaired) electrons. The van der Waals surface area contributed by atoms with E-state index in [2.05, 4.69) is 4.98 Å². The molecule has 22 heavy (non-hydrogen) atoms. The number of rotatable bonds is 5. The Balaban J connectivity index is 1.86. The maximum absolute atomic E-state index is 5.66. The molecule has 0 spiro atoms. The van der Waals surface area contributed by atoms with Crippen LogP contribution in [0.4, 0.5) is 0 Å². The second-order valence-corrected chi connectivity index (χ2v) is 4.70. The highest BCUT2D eigenvalue weighted by molar-refractivity contribution is 5.76. The van der Waals surface area contributed by atoms with Crippen molar-refractivity contribution in [3.05, 3.63) is 53.9 Å². The van der Waals surface area contributed by atoms with Crippen LogP contribution in [-0.4, -0.2) is 18.7 Å². The fraction of sp³-hybridized carbons (Fsp3) is 0.167. The molecule has 3 rings (SSSR count). The first-order valence-electron chi connectivity index (χ1n) is 7.14. The van der Waals surface area contributed by atoms with Crippen molar-refractivity contribution in [2.24, 2.45) is 0 Å². The van der Waals surface area contributed by atoms with Crippen LogP contribution in [0.1, 0.15) is 18.4 Å². The number of aromatic nitrogens is 1. The Bertz CT molecular complexity index is 772. The predicted molar refractivity (Wildman–Crippen MR) is 87.1 cm³/mol. The summed E-state index contributed by atoms with van der Waals surface area (Å²) in [5, 5.41) is 0. The monoisotopic (exact) mass is 295 g/mol. The van der Waals surface area contributed by atoms with E-state index in [-0.39, 0.29) is 0 Å². The van der Waals surface area contributed by atoms with Gasteiger partial charge in [-0.05, 0) is 42.8 Å². The molecule has 0 unspecified atom stereocenters. The van der Waals surface area contributed by atoms with Crippen LogP contribution in [0.3, 0.4) is 0 Å². The van der Waals surface area contributed by atoms with Crippen LogP contribution < -0.4 is 9.47 Å². The molecule has 3 aromatic rings. The largest absolute Gasteiger partial charge is 0.493 e. The van der Waals surface area contributed by atoms with Crippen molar-refractivity contribution in [1.82, 2.24) is 4.98 Å². The van der Waals surface area contributed by atoms with E-state index in [1.165, 1.54) is 0 Å². The summed E-state index contributed by atoms with van der Waals surface area (Å²) < 4.78 is 16.5. The van der Waals surface area contributed by atoms with Gasteiger partial charge in [-0.3, -0.25) is 0 Å². The molecule has 0 amide bonds. The van der Waals surface area contributed by atoms with Crippen molar-refractivity contribution in [2.75, 3.05) is 13.7 Å². The second-order valence-electron chi connectivity index (χ2n) is 4.70. The zero-order valence-corrected chi connectivity index (χ0v) is 12.6. The molecule has 0 fully saturated rings. The van der Waals surface area contributed by atoms with Crippen molar-refractivity contribution in [2.45, 2.75) is 6.92 Å². The Morgan fingerprint density at radius 2 is 1.95 bits per heavy atom. The highest BCUT2D eigenvalue weighted by atomic mass is 16.5. The zero-order valence-electron chi connectivity index (χ0n) is 12.6. The molecule has 0 aliphatic heterocycles. The fourth-order valence-corrected chi connectivity index (χ4v) is 2.19. The van der Waals surface area contributed by atoms with E-state index in [0.29, 0.717) is 12.5 Å². The number of fused-ring (bicyclic) bond motifs is 1. The lowest BCUT2D eigenvalue weighted by Gasteiger charge is -2.09. The maximum Gasteiger partial charge on any atom is 0.220 e. The van der Waals surface area contributed by atoms with Crippen LogP contribution in [0.15, 0.2) is 46.9 Å². The van der Waals surface area contributed by atoms with Crippen molar-refractivity contribution in [3.8, 4) is 11.5 Å². The normalized spacial score (nSPS) is 11.2. The molecule has 112 valence electrons. The quantitative estimate of drug-likeness (QED) is 0.699. The lowest BCUT2D eigenvalue weighted by Crippen LogP contribution is -1.95. The second kappa shape index (κ2) is 6.35. The molecule has 0 bridgehead atoms. The Morgan fingerprint density at radius 3 is 2.73 bits per heavy atom. The van der Waals surface area contributed by atoms with Gasteiger partial charge in [0.1, 0.15) is 5.52 Å². The number of hydrogen-bond donors (Lipinski definition) is 0. The lowest BCUT2D eigenvalue weighted by atomic mass is 10.2. The third-order valence-electron chi connectivity index (χ3n) is 3.22. The maximum atomic E-state index is 5.66. The summed E-state index contributed by atoms with van der Waals surface area (Å²) in [6.07, 6.45) is 3.78. The molecule has 0 atom stereocenters. The average molecular weight is 295 g/mol. The van der Waals surface area contributed by atoms with Crippen LogP contribution in [0.2, 0.25) is 0 Å². The summed E-state index contributed by atoms with van der Waals surface area (Å²) in [5.74, 6) is 2.03. The zero-order chi connectivity index (χ0) is 15.4. The molecule has 4 heteroatoms. The topological polar surface area (TPSA) is 44.5 Å². The summed E-state index contributed by atoms with van der Waals surface area (Å²) in [4.78, 5) is 4.41. The first kappa shape index (κ1) is 14.2. The number of methoxy groups -OCH3 is 1. The van der Waals surface area contributed by atoms with Gasteiger partial charge >= 0.3 is 0 Å². The van der Waals surface area contributed by atoms with Gasteiger partial charge in [-0.1, -0.05) is 18.2 Å². The first-order valence-corrected chi connectivity index (χ1v) is 7.14. The van der Waals surface area contributed by atoms with Gasteiger partial charge in [0, 0.05) is 6.08 Å². The molecule has 0 N–H and O–H groups in total. The number of nitrogens with zero attached hydrogens (tertiary/aromatic N) is 1. The lowest BCUT2D eigenvalue weighted by molar-refractivity contribution is 0.311. The summed E-state index contributed by atoms with van der Waals surface area (Å²) in [6, 6.07) is 13.5. The van der Waals surface area contributed by atoms with Crippen molar-refractivity contribution in [3.63, 3.8) is 0 Å². The van der Waals surface area contributed by atoms with Gasteiger partial charge in [-0.15, -0.1) is 0 Å². The van der Waals surface area contributed by atoms with E-state index in [9.17, 15) is 0 Å². The summed E-state index contributed by atoms with van der Waals surface area (Å²) >= 11 is 0. The summed E-state index contributed by atoms with van der Waals surface area (Å²) in [5.41, 5.74) is 2.63. The minimum Gasteiger partial charge on any atom is -0.493 e. The fourth-order valence-electron chi connectivity index (χ4n) is 2.19. The average Bonchev–Trinajstić information content (AvgIpc) is 2.96. The Kier molecular flexibility index (Phi) is 4.10. The molecule has 1 aromatic heterocycles. The Labute approximate surface area is 129 Å². The first-order chi connectivity index (χ1) is 10.8. The molecule has 0 saturated heterocycles. The molecule has 1 heterocycles. The number of ether oxygens (including phenoxy) is 2. The van der Waals surface area contributed by atoms with Gasteiger partial charge in [0.2, 0.25) is 5.89 Å². The van der Waals surface area contributed by atoms with E-state index < -0.39 is 0 Å². The molecule has 4 nitrogen and oxygen atoms in total. The van der Waals surface area contributed by atoms with Gasteiger partial charge in [-0.2, -0.15) is 0 Å². The van der Waals surface area contributed by atoms with Crippen LogP contribution in [0.25, 0.3) is 23.3 Å². The highest BCUT2D eigenvalue weighted by Crippen LogP contribution is 2.28. The molecule has 2 aromatic carbocycles. The van der Waals surface area contributed by atoms with Crippen molar-refractivity contribution in [1.29, 1.82) is 0 Å². The third-order valence-corrected chi connectivity index (χ3v) is 3.22. The molecule has 0 aliphatic carbocycles. The summed E-state index contributed by atoms with van der Waals surface area (Å²) in [7, 11) is 1.63. The number of hydrogen-bond acceptors (Lipinski definition) is 4. The van der Waals surface area contributed by atoms with E-state index in [1.54, 1.807) is 7.11 Å². The minimum absolute atomic E-state index is 0.579. The number of para-hydroxylation sites is 2. The molecular weight excluding hydrogens is 278 g/mol. The van der Waals surface area contributed by atoms with Crippen LogP contribution in [0.5, 0.6) is 11.5 Å². The number of oxazole rings is 1. The van der Waals surface area contributed by atoms with Crippen LogP contribution >= 0.6 is 0 Å². The third kappa shape index (κ3) is 2.96. The smallest absolute Gasteiger partial charge is 0.220 e. The van der Waals surface area contributed by atoms with Crippen molar-refractivity contribution < 1.29 is 13.9 Å². The van der Waals surface area contributed by atoms with Gasteiger partial charge < -0.3 is 13.9 Å². The van der Waals surface area contributed by atoms with Gasteiger partial charge in [-0.25, -0.2) is 4.98 Å². The summed E-state index contributed by atoms with van der Waals surface area (Å²) in [6.45, 7) is 2.54. The van der Waals surface area contributed by atoms with Crippen molar-refractivity contribution >= 4 is 23.3 Å².